The van der Waals surface area contributed by atoms with Gasteiger partial charge in [0.2, 0.25) is 0 Å². The van der Waals surface area contributed by atoms with Gasteiger partial charge in [-0.2, -0.15) is 0 Å². The highest BCUT2D eigenvalue weighted by atomic mass is 16.5. The largest absolute Gasteiger partial charge is 0.466 e. The Balaban J connectivity index is 0.000000941. The van der Waals surface area contributed by atoms with Gasteiger partial charge in [0.1, 0.15) is 0 Å². The maximum absolute atomic E-state index is 10.9. The van der Waals surface area contributed by atoms with E-state index < -0.39 is 0 Å². The first-order valence-corrected chi connectivity index (χ1v) is 11.3. The van der Waals surface area contributed by atoms with E-state index in [0.29, 0.717) is 13.0 Å². The fourth-order valence-electron chi connectivity index (χ4n) is 2.90. The average molecular weight is 378 g/mol. The Kier molecular flexibility index (Phi) is 21.5. The predicted molar refractivity (Wildman–Crippen MR) is 116 cm³/mol. The third kappa shape index (κ3) is 22.6. The first-order valence-electron chi connectivity index (χ1n) is 11.3. The Morgan fingerprint density at radius 3 is 1.44 bits per heavy atom. The zero-order chi connectivity index (χ0) is 19.8. The maximum Gasteiger partial charge on any atom is 0.305 e. The molecular formula is C24H43NO2. The lowest BCUT2D eigenvalue weighted by Gasteiger charge is -2.04. The van der Waals surface area contributed by atoms with Crippen molar-refractivity contribution < 1.29 is 9.53 Å². The number of esters is 1. The van der Waals surface area contributed by atoms with E-state index in [1.807, 2.05) is 25.1 Å². The monoisotopic (exact) mass is 377 g/mol. The van der Waals surface area contributed by atoms with Gasteiger partial charge in [-0.05, 0) is 18.6 Å². The molecule has 0 fully saturated rings. The zero-order valence-corrected chi connectivity index (χ0v) is 18.0. The molecule has 0 N–H and O–H groups in total. The molecule has 0 saturated heterocycles. The molecule has 0 radical (unpaired) electrons. The van der Waals surface area contributed by atoms with Gasteiger partial charge in [0, 0.05) is 18.8 Å². The van der Waals surface area contributed by atoms with Gasteiger partial charge in [-0.15, -0.1) is 0 Å². The minimum absolute atomic E-state index is 0.0651. The number of ether oxygens (including phenoxy) is 1. The van der Waals surface area contributed by atoms with Crippen LogP contribution in [0, 0.1) is 0 Å². The molecule has 0 aliphatic rings. The smallest absolute Gasteiger partial charge is 0.305 e. The van der Waals surface area contributed by atoms with Gasteiger partial charge < -0.3 is 4.74 Å². The van der Waals surface area contributed by atoms with Crippen LogP contribution in [0.4, 0.5) is 0 Å². The van der Waals surface area contributed by atoms with E-state index in [-0.39, 0.29) is 5.97 Å². The number of hydrogen-bond donors (Lipinski definition) is 0. The van der Waals surface area contributed by atoms with Crippen LogP contribution in [0.15, 0.2) is 30.6 Å². The van der Waals surface area contributed by atoms with Gasteiger partial charge in [-0.1, -0.05) is 103 Å². The van der Waals surface area contributed by atoms with Gasteiger partial charge in [0.15, 0.2) is 0 Å². The van der Waals surface area contributed by atoms with Crippen molar-refractivity contribution in [1.82, 2.24) is 4.98 Å². The van der Waals surface area contributed by atoms with Crippen molar-refractivity contribution in [3.8, 4) is 0 Å². The lowest BCUT2D eigenvalue weighted by Crippen LogP contribution is -2.03. The lowest BCUT2D eigenvalue weighted by atomic mass is 10.0. The molecule has 27 heavy (non-hydrogen) atoms. The molecule has 0 aliphatic heterocycles. The lowest BCUT2D eigenvalue weighted by molar-refractivity contribution is -0.143. The second-order valence-corrected chi connectivity index (χ2v) is 7.19. The molecule has 0 aliphatic carbocycles. The summed E-state index contributed by atoms with van der Waals surface area (Å²) in [5, 5.41) is 0. The van der Waals surface area contributed by atoms with E-state index in [1.54, 1.807) is 12.4 Å². The Labute approximate surface area is 168 Å². The normalized spacial score (nSPS) is 10.1. The minimum atomic E-state index is -0.0651. The summed E-state index contributed by atoms with van der Waals surface area (Å²) in [6.45, 7) is 4.73. The number of unbranched alkanes of at least 4 members (excludes halogenated alkanes) is 13. The quantitative estimate of drug-likeness (QED) is 0.221. The molecule has 3 nitrogen and oxygen atoms in total. The van der Waals surface area contributed by atoms with Crippen LogP contribution in [0.25, 0.3) is 0 Å². The summed E-state index contributed by atoms with van der Waals surface area (Å²) in [4.78, 5) is 14.7. The molecule has 1 aromatic rings. The highest BCUT2D eigenvalue weighted by Crippen LogP contribution is 2.12. The molecule has 3 heteroatoms. The summed E-state index contributed by atoms with van der Waals surface area (Å²) in [6, 6.07) is 5.72. The number of rotatable bonds is 16. The highest BCUT2D eigenvalue weighted by molar-refractivity contribution is 5.68. The zero-order valence-electron chi connectivity index (χ0n) is 18.0. The molecule has 0 bridgehead atoms. The van der Waals surface area contributed by atoms with Crippen molar-refractivity contribution in [1.29, 1.82) is 0 Å². The van der Waals surface area contributed by atoms with Crippen LogP contribution >= 0.6 is 0 Å². The first kappa shape index (κ1) is 25.6. The van der Waals surface area contributed by atoms with Crippen molar-refractivity contribution >= 4 is 5.97 Å². The second kappa shape index (κ2) is 22.7. The number of carbonyl (C=O) groups is 1. The molecule has 1 heterocycles. The van der Waals surface area contributed by atoms with Gasteiger partial charge in [-0.25, -0.2) is 0 Å². The summed E-state index contributed by atoms with van der Waals surface area (Å²) < 4.78 is 5.06. The van der Waals surface area contributed by atoms with E-state index >= 15 is 0 Å². The van der Waals surface area contributed by atoms with Crippen LogP contribution in [-0.4, -0.2) is 17.6 Å². The van der Waals surface area contributed by atoms with Crippen LogP contribution in [0.1, 0.15) is 110 Å². The van der Waals surface area contributed by atoms with Crippen LogP contribution in [-0.2, 0) is 9.53 Å². The topological polar surface area (TPSA) is 39.2 Å². The van der Waals surface area contributed by atoms with E-state index in [9.17, 15) is 4.79 Å². The summed E-state index contributed by atoms with van der Waals surface area (Å²) in [7, 11) is 0. The summed E-state index contributed by atoms with van der Waals surface area (Å²) in [5.74, 6) is -0.0651. The van der Waals surface area contributed by atoms with E-state index in [1.165, 1.54) is 83.5 Å². The molecule has 1 aromatic heterocycles. The molecule has 156 valence electrons. The Morgan fingerprint density at radius 1 is 0.667 bits per heavy atom. The molecule has 0 aromatic carbocycles. The molecule has 0 amide bonds. The van der Waals surface area contributed by atoms with Crippen molar-refractivity contribution in [3.05, 3.63) is 30.6 Å². The third-order valence-corrected chi connectivity index (χ3v) is 4.62. The number of nitrogens with zero attached hydrogens (tertiary/aromatic N) is 1. The van der Waals surface area contributed by atoms with Crippen LogP contribution in [0.5, 0.6) is 0 Å². The molecule has 0 unspecified atom stereocenters. The Hall–Kier alpha value is -1.38. The molecular weight excluding hydrogens is 334 g/mol. The van der Waals surface area contributed by atoms with Crippen molar-refractivity contribution in [3.63, 3.8) is 0 Å². The van der Waals surface area contributed by atoms with Crippen LogP contribution < -0.4 is 0 Å². The Morgan fingerprint density at radius 2 is 1.11 bits per heavy atom. The fraction of sp³-hybridized carbons (Fsp3) is 0.750. The van der Waals surface area contributed by atoms with Gasteiger partial charge >= 0.3 is 5.97 Å². The summed E-state index contributed by atoms with van der Waals surface area (Å²) in [6.07, 6.45) is 23.0. The van der Waals surface area contributed by atoms with Crippen molar-refractivity contribution in [2.75, 3.05) is 6.61 Å². The predicted octanol–water partition coefficient (Wildman–Crippen LogP) is 7.50. The molecule has 1 rings (SSSR count). The first-order chi connectivity index (χ1) is 13.3. The summed E-state index contributed by atoms with van der Waals surface area (Å²) in [5.41, 5.74) is 0. The third-order valence-electron chi connectivity index (χ3n) is 4.62. The van der Waals surface area contributed by atoms with E-state index in [2.05, 4.69) is 11.9 Å². The standard InChI is InChI=1S/C19H38O2.C5H5N/c1-3-5-6-7-8-9-10-11-12-13-14-15-16-17-18-21-19(20)4-2;1-2-4-6-5-3-1/h3-18H2,1-2H3;1-5H. The number of pyridine rings is 1. The van der Waals surface area contributed by atoms with Crippen LogP contribution in [0.3, 0.4) is 0 Å². The minimum Gasteiger partial charge on any atom is -0.466 e. The van der Waals surface area contributed by atoms with Crippen LogP contribution in [0.2, 0.25) is 0 Å². The van der Waals surface area contributed by atoms with E-state index in [0.717, 1.165) is 6.42 Å². The second-order valence-electron chi connectivity index (χ2n) is 7.19. The van der Waals surface area contributed by atoms with Gasteiger partial charge in [0.25, 0.3) is 0 Å². The number of aromatic nitrogens is 1. The van der Waals surface area contributed by atoms with Gasteiger partial charge in [0.05, 0.1) is 6.61 Å². The molecule has 0 saturated carbocycles. The van der Waals surface area contributed by atoms with Crippen molar-refractivity contribution in [2.45, 2.75) is 110 Å². The molecule has 0 spiro atoms. The molecule has 0 atom stereocenters. The fourth-order valence-corrected chi connectivity index (χ4v) is 2.90. The maximum atomic E-state index is 10.9. The number of hydrogen-bond acceptors (Lipinski definition) is 3. The van der Waals surface area contributed by atoms with Gasteiger partial charge in [-0.3, -0.25) is 9.78 Å². The SMILES string of the molecule is CCCCCCCCCCCCCCCCOC(=O)CC.c1ccncc1. The highest BCUT2D eigenvalue weighted by Gasteiger charge is 1.97. The Bertz CT molecular complexity index is 368. The average Bonchev–Trinajstić information content (AvgIpc) is 2.72. The summed E-state index contributed by atoms with van der Waals surface area (Å²) >= 11 is 0. The van der Waals surface area contributed by atoms with Crippen molar-refractivity contribution in [2.24, 2.45) is 0 Å². The van der Waals surface area contributed by atoms with E-state index in [4.69, 9.17) is 4.74 Å². The number of carbonyl (C=O) groups excluding carboxylic acids is 1.